The largest absolute Gasteiger partial charge is 0.368 e. The molecule has 0 saturated carbocycles. The lowest BCUT2D eigenvalue weighted by atomic mass is 10.3. The first kappa shape index (κ1) is 9.76. The second kappa shape index (κ2) is 4.16. The topological polar surface area (TPSA) is 62.5 Å². The number of pyridine rings is 1. The van der Waals surface area contributed by atoms with Crippen molar-refractivity contribution in [3.63, 3.8) is 0 Å². The van der Waals surface area contributed by atoms with Crippen molar-refractivity contribution >= 4 is 11.7 Å². The molecule has 2 rings (SSSR count). The fourth-order valence-corrected chi connectivity index (χ4v) is 1.74. The number of primary amides is 1. The van der Waals surface area contributed by atoms with Crippen LogP contribution in [0.2, 0.25) is 0 Å². The summed E-state index contributed by atoms with van der Waals surface area (Å²) in [7, 11) is 0. The molecule has 0 aliphatic carbocycles. The van der Waals surface area contributed by atoms with E-state index in [1.807, 2.05) is 12.1 Å². The number of rotatable bonds is 1. The smallest absolute Gasteiger partial charge is 0.314 e. The normalized spacial score (nSPS) is 16.5. The lowest BCUT2D eigenvalue weighted by molar-refractivity contribution is 0.204. The fraction of sp³-hybridized carbons (Fsp3) is 0.400. The maximum atomic E-state index is 10.9. The first-order chi connectivity index (χ1) is 7.27. The van der Waals surface area contributed by atoms with E-state index in [9.17, 15) is 4.79 Å². The highest BCUT2D eigenvalue weighted by molar-refractivity contribution is 5.72. The average Bonchev–Trinajstić information content (AvgIpc) is 2.30. The third-order valence-corrected chi connectivity index (χ3v) is 2.62. The maximum Gasteiger partial charge on any atom is 0.314 e. The van der Waals surface area contributed by atoms with Crippen LogP contribution in [0.5, 0.6) is 0 Å². The number of urea groups is 1. The van der Waals surface area contributed by atoms with Crippen LogP contribution in [0.25, 0.3) is 0 Å². The molecule has 0 bridgehead atoms. The van der Waals surface area contributed by atoms with Crippen molar-refractivity contribution in [1.29, 1.82) is 0 Å². The van der Waals surface area contributed by atoms with Crippen molar-refractivity contribution in [2.24, 2.45) is 5.73 Å². The quantitative estimate of drug-likeness (QED) is 0.718. The van der Waals surface area contributed by atoms with Crippen LogP contribution in [-0.4, -0.2) is 42.1 Å². The average molecular weight is 206 g/mol. The summed E-state index contributed by atoms with van der Waals surface area (Å²) in [5.74, 6) is 0. The molecule has 1 aromatic heterocycles. The molecule has 1 aliphatic heterocycles. The van der Waals surface area contributed by atoms with Gasteiger partial charge in [0.2, 0.25) is 0 Å². The molecule has 2 heterocycles. The van der Waals surface area contributed by atoms with Crippen molar-refractivity contribution in [2.75, 3.05) is 31.1 Å². The molecular formula is C10H14N4O. The zero-order valence-corrected chi connectivity index (χ0v) is 8.47. The monoisotopic (exact) mass is 206 g/mol. The summed E-state index contributed by atoms with van der Waals surface area (Å²) >= 11 is 0. The van der Waals surface area contributed by atoms with E-state index < -0.39 is 0 Å². The molecule has 5 nitrogen and oxygen atoms in total. The van der Waals surface area contributed by atoms with Crippen LogP contribution in [0.15, 0.2) is 24.5 Å². The van der Waals surface area contributed by atoms with Gasteiger partial charge in [-0.15, -0.1) is 0 Å². The summed E-state index contributed by atoms with van der Waals surface area (Å²) in [5, 5.41) is 0. The number of nitrogens with two attached hydrogens (primary N) is 1. The number of hydrogen-bond acceptors (Lipinski definition) is 3. The van der Waals surface area contributed by atoms with Crippen molar-refractivity contribution in [3.05, 3.63) is 24.5 Å². The summed E-state index contributed by atoms with van der Waals surface area (Å²) in [6.45, 7) is 3.04. The second-order valence-corrected chi connectivity index (χ2v) is 3.52. The van der Waals surface area contributed by atoms with Gasteiger partial charge in [-0.05, 0) is 12.1 Å². The summed E-state index contributed by atoms with van der Waals surface area (Å²) < 4.78 is 0. The van der Waals surface area contributed by atoms with Crippen molar-refractivity contribution in [3.8, 4) is 0 Å². The molecular weight excluding hydrogens is 192 g/mol. The van der Waals surface area contributed by atoms with Gasteiger partial charge in [-0.3, -0.25) is 4.98 Å². The van der Waals surface area contributed by atoms with Gasteiger partial charge in [0.15, 0.2) is 0 Å². The van der Waals surface area contributed by atoms with Crippen LogP contribution in [0, 0.1) is 0 Å². The maximum absolute atomic E-state index is 10.9. The molecule has 0 radical (unpaired) electrons. The molecule has 0 aromatic carbocycles. The van der Waals surface area contributed by atoms with Crippen LogP contribution in [0.4, 0.5) is 10.5 Å². The van der Waals surface area contributed by atoms with Gasteiger partial charge in [-0.2, -0.15) is 0 Å². The van der Waals surface area contributed by atoms with Crippen LogP contribution in [0.1, 0.15) is 0 Å². The Labute approximate surface area is 88.5 Å². The highest BCUT2D eigenvalue weighted by atomic mass is 16.2. The minimum Gasteiger partial charge on any atom is -0.368 e. The van der Waals surface area contributed by atoms with Crippen LogP contribution in [-0.2, 0) is 0 Å². The second-order valence-electron chi connectivity index (χ2n) is 3.52. The van der Waals surface area contributed by atoms with Crippen molar-refractivity contribution in [2.45, 2.75) is 0 Å². The molecule has 1 saturated heterocycles. The number of amides is 2. The van der Waals surface area contributed by atoms with E-state index in [2.05, 4.69) is 9.88 Å². The highest BCUT2D eigenvalue weighted by Crippen LogP contribution is 2.14. The molecule has 2 N–H and O–H groups in total. The highest BCUT2D eigenvalue weighted by Gasteiger charge is 2.18. The Morgan fingerprint density at radius 3 is 2.33 bits per heavy atom. The predicted octanol–water partition coefficient (Wildman–Crippen LogP) is 0.282. The summed E-state index contributed by atoms with van der Waals surface area (Å²) in [6, 6.07) is 3.62. The lowest BCUT2D eigenvalue weighted by Gasteiger charge is -2.35. The van der Waals surface area contributed by atoms with Crippen molar-refractivity contribution in [1.82, 2.24) is 9.88 Å². The zero-order valence-electron chi connectivity index (χ0n) is 8.47. The van der Waals surface area contributed by atoms with E-state index in [4.69, 9.17) is 5.73 Å². The van der Waals surface area contributed by atoms with Crippen LogP contribution < -0.4 is 10.6 Å². The van der Waals surface area contributed by atoms with Crippen molar-refractivity contribution < 1.29 is 4.79 Å². The number of nitrogens with zero attached hydrogens (tertiary/aromatic N) is 3. The van der Waals surface area contributed by atoms with E-state index >= 15 is 0 Å². The Kier molecular flexibility index (Phi) is 2.71. The van der Waals surface area contributed by atoms with E-state index in [0.717, 1.165) is 18.8 Å². The predicted molar refractivity (Wildman–Crippen MR) is 57.6 cm³/mol. The van der Waals surface area contributed by atoms with E-state index in [1.165, 1.54) is 0 Å². The molecule has 1 fully saturated rings. The number of hydrogen-bond donors (Lipinski definition) is 1. The Bertz CT molecular complexity index is 333. The molecule has 1 aromatic rings. The number of piperazine rings is 1. The number of anilines is 1. The third kappa shape index (κ3) is 2.18. The molecule has 0 atom stereocenters. The SMILES string of the molecule is NC(=O)N1CCN(c2ccncc2)CC1. The summed E-state index contributed by atoms with van der Waals surface area (Å²) in [5.41, 5.74) is 6.36. The van der Waals surface area contributed by atoms with Gasteiger partial charge in [0.25, 0.3) is 0 Å². The molecule has 15 heavy (non-hydrogen) atoms. The van der Waals surface area contributed by atoms with Crippen LogP contribution in [0.3, 0.4) is 0 Å². The Balaban J connectivity index is 1.97. The van der Waals surface area contributed by atoms with E-state index in [-0.39, 0.29) is 6.03 Å². The van der Waals surface area contributed by atoms with Gasteiger partial charge < -0.3 is 15.5 Å². The first-order valence-corrected chi connectivity index (χ1v) is 4.97. The molecule has 2 amide bonds. The standard InChI is InChI=1S/C10H14N4O/c11-10(15)14-7-5-13(6-8-14)9-1-3-12-4-2-9/h1-4H,5-8H2,(H2,11,15). The number of carbonyl (C=O) groups excluding carboxylic acids is 1. The van der Waals surface area contributed by atoms with Gasteiger partial charge in [0.05, 0.1) is 0 Å². The van der Waals surface area contributed by atoms with E-state index in [1.54, 1.807) is 17.3 Å². The summed E-state index contributed by atoms with van der Waals surface area (Å²) in [6.07, 6.45) is 3.55. The Morgan fingerprint density at radius 1 is 1.20 bits per heavy atom. The lowest BCUT2D eigenvalue weighted by Crippen LogP contribution is -2.50. The first-order valence-electron chi connectivity index (χ1n) is 4.97. The molecule has 0 unspecified atom stereocenters. The van der Waals surface area contributed by atoms with Crippen LogP contribution >= 0.6 is 0 Å². The van der Waals surface area contributed by atoms with Gasteiger partial charge >= 0.3 is 6.03 Å². The van der Waals surface area contributed by atoms with Gasteiger partial charge in [0.1, 0.15) is 0 Å². The van der Waals surface area contributed by atoms with Gasteiger partial charge in [0, 0.05) is 44.3 Å². The fourth-order valence-electron chi connectivity index (χ4n) is 1.74. The number of aromatic nitrogens is 1. The Hall–Kier alpha value is -1.78. The zero-order chi connectivity index (χ0) is 10.7. The van der Waals surface area contributed by atoms with E-state index in [0.29, 0.717) is 13.1 Å². The molecule has 1 aliphatic rings. The van der Waals surface area contributed by atoms with Gasteiger partial charge in [-0.1, -0.05) is 0 Å². The molecule has 0 spiro atoms. The minimum atomic E-state index is -0.329. The summed E-state index contributed by atoms with van der Waals surface area (Å²) in [4.78, 5) is 18.8. The minimum absolute atomic E-state index is 0.329. The molecule has 80 valence electrons. The van der Waals surface area contributed by atoms with Gasteiger partial charge in [-0.25, -0.2) is 4.79 Å². The number of carbonyl (C=O) groups is 1. The Morgan fingerprint density at radius 2 is 1.80 bits per heavy atom. The molecule has 5 heteroatoms. The third-order valence-electron chi connectivity index (χ3n) is 2.62.